The summed E-state index contributed by atoms with van der Waals surface area (Å²) in [6, 6.07) is 18.7. The van der Waals surface area contributed by atoms with Crippen LogP contribution in [0, 0.1) is 5.82 Å². The summed E-state index contributed by atoms with van der Waals surface area (Å²) < 4.78 is 15.4. The van der Waals surface area contributed by atoms with Crippen LogP contribution in [0.5, 0.6) is 0 Å². The molecule has 4 rings (SSSR count). The van der Waals surface area contributed by atoms with E-state index in [4.69, 9.17) is 28.9 Å². The van der Waals surface area contributed by atoms with Gasteiger partial charge in [-0.2, -0.15) is 5.10 Å². The number of rotatable bonds is 5. The smallest absolute Gasteiger partial charge is 0.271 e. The molecule has 0 unspecified atom stereocenters. The molecule has 0 radical (unpaired) electrons. The highest BCUT2D eigenvalue weighted by Gasteiger charge is 2.18. The minimum atomic E-state index is -0.706. The van der Waals surface area contributed by atoms with Crippen LogP contribution in [-0.2, 0) is 0 Å². The number of carbonyl (C=O) groups is 1. The van der Waals surface area contributed by atoms with E-state index in [1.54, 1.807) is 66.9 Å². The molecule has 0 aliphatic carbocycles. The van der Waals surface area contributed by atoms with Crippen LogP contribution >= 0.6 is 23.2 Å². The molecule has 0 aliphatic rings. The summed E-state index contributed by atoms with van der Waals surface area (Å²) in [5.74, 6) is -1.01. The van der Waals surface area contributed by atoms with Crippen molar-refractivity contribution in [2.24, 2.45) is 5.73 Å². The Bertz CT molecular complexity index is 1220. The Balaban J connectivity index is 1.67. The first-order chi connectivity index (χ1) is 14.4. The normalized spacial score (nSPS) is 10.8. The lowest BCUT2D eigenvalue weighted by molar-refractivity contribution is 0.0996. The molecule has 4 aromatic rings. The van der Waals surface area contributed by atoms with Crippen LogP contribution in [0.2, 0.25) is 10.0 Å². The molecule has 8 heteroatoms. The van der Waals surface area contributed by atoms with Crippen LogP contribution < -0.4 is 11.1 Å². The first-order valence-electron chi connectivity index (χ1n) is 8.90. The number of nitrogens with two attached hydrogens (primary N) is 1. The van der Waals surface area contributed by atoms with Gasteiger partial charge in [-0.15, -0.1) is 0 Å². The van der Waals surface area contributed by atoms with E-state index in [0.717, 1.165) is 5.56 Å². The molecular weight excluding hydrogens is 426 g/mol. The van der Waals surface area contributed by atoms with E-state index in [-0.39, 0.29) is 11.5 Å². The van der Waals surface area contributed by atoms with Crippen LogP contribution in [0.15, 0.2) is 72.9 Å². The van der Waals surface area contributed by atoms with Gasteiger partial charge in [-0.05, 0) is 35.9 Å². The number of nitrogens with one attached hydrogen (secondary N) is 1. The third kappa shape index (κ3) is 3.87. The summed E-state index contributed by atoms with van der Waals surface area (Å²) in [7, 11) is 0. The molecule has 0 saturated heterocycles. The molecule has 5 nitrogen and oxygen atoms in total. The number of nitrogens with zero attached hydrogens (tertiary/aromatic N) is 2. The van der Waals surface area contributed by atoms with E-state index in [0.29, 0.717) is 32.7 Å². The number of para-hydroxylation sites is 1. The Morgan fingerprint density at radius 1 is 0.967 bits per heavy atom. The molecule has 150 valence electrons. The quantitative estimate of drug-likeness (QED) is 0.410. The lowest BCUT2D eigenvalue weighted by Crippen LogP contribution is -2.14. The number of hydrogen-bond acceptors (Lipinski definition) is 3. The maximum absolute atomic E-state index is 14.0. The van der Waals surface area contributed by atoms with Crippen LogP contribution in [0.3, 0.4) is 0 Å². The Labute approximate surface area is 181 Å². The minimum Gasteiger partial charge on any atom is -0.364 e. The summed E-state index contributed by atoms with van der Waals surface area (Å²) in [4.78, 5) is 11.9. The second-order valence-electron chi connectivity index (χ2n) is 6.45. The van der Waals surface area contributed by atoms with Gasteiger partial charge in [-0.3, -0.25) is 4.79 Å². The number of amides is 1. The number of anilines is 2. The van der Waals surface area contributed by atoms with Crippen molar-refractivity contribution < 1.29 is 9.18 Å². The maximum Gasteiger partial charge on any atom is 0.271 e. The molecule has 0 saturated carbocycles. The highest BCUT2D eigenvalue weighted by molar-refractivity contribution is 6.37. The number of hydrogen-bond donors (Lipinski definition) is 2. The highest BCUT2D eigenvalue weighted by Crippen LogP contribution is 2.31. The average Bonchev–Trinajstić information content (AvgIpc) is 3.12. The number of carbonyl (C=O) groups excluding carboxylic acids is 1. The fourth-order valence-electron chi connectivity index (χ4n) is 3.05. The summed E-state index contributed by atoms with van der Waals surface area (Å²) in [6.45, 7) is 0. The predicted octanol–water partition coefficient (Wildman–Crippen LogP) is 5.83. The molecule has 0 atom stereocenters. The summed E-state index contributed by atoms with van der Waals surface area (Å²) in [6.07, 6.45) is 1.58. The van der Waals surface area contributed by atoms with E-state index in [9.17, 15) is 9.18 Å². The van der Waals surface area contributed by atoms with Crippen molar-refractivity contribution in [2.45, 2.75) is 0 Å². The third-order valence-electron chi connectivity index (χ3n) is 4.46. The molecular formula is C22H15Cl2FN4O. The van der Waals surface area contributed by atoms with Gasteiger partial charge < -0.3 is 11.1 Å². The first kappa shape index (κ1) is 19.9. The Morgan fingerprint density at radius 2 is 1.63 bits per heavy atom. The molecule has 3 N–H and O–H groups in total. The molecule has 1 aromatic heterocycles. The summed E-state index contributed by atoms with van der Waals surface area (Å²) in [5, 5.41) is 8.10. The van der Waals surface area contributed by atoms with Crippen molar-refractivity contribution in [3.63, 3.8) is 0 Å². The van der Waals surface area contributed by atoms with Crippen molar-refractivity contribution >= 4 is 40.5 Å². The standard InChI is InChI=1S/C22H15Cl2FN4O/c23-16-5-3-6-17(24)21(16)29-12-19(20(28-29)22(26)30)27-14-10-8-13(9-11-14)15-4-1-2-7-18(15)25/h1-12,27H,(H2,26,30). The summed E-state index contributed by atoms with van der Waals surface area (Å²) in [5.41, 5.74) is 8.25. The van der Waals surface area contributed by atoms with Gasteiger partial charge in [0, 0.05) is 11.3 Å². The largest absolute Gasteiger partial charge is 0.364 e. The molecule has 1 heterocycles. The molecule has 0 spiro atoms. The summed E-state index contributed by atoms with van der Waals surface area (Å²) >= 11 is 12.5. The SMILES string of the molecule is NC(=O)c1nn(-c2c(Cl)cccc2Cl)cc1Nc1ccc(-c2ccccc2F)cc1. The lowest BCUT2D eigenvalue weighted by atomic mass is 10.0. The fraction of sp³-hybridized carbons (Fsp3) is 0. The second kappa shape index (κ2) is 8.18. The van der Waals surface area contributed by atoms with Gasteiger partial charge in [-0.1, -0.05) is 59.6 Å². The molecule has 3 aromatic carbocycles. The molecule has 0 aliphatic heterocycles. The second-order valence-corrected chi connectivity index (χ2v) is 7.27. The Morgan fingerprint density at radius 3 is 2.27 bits per heavy atom. The molecule has 30 heavy (non-hydrogen) atoms. The van der Waals surface area contributed by atoms with Crippen LogP contribution in [0.25, 0.3) is 16.8 Å². The van der Waals surface area contributed by atoms with Gasteiger partial charge >= 0.3 is 0 Å². The van der Waals surface area contributed by atoms with Gasteiger partial charge in [0.2, 0.25) is 0 Å². The Kier molecular flexibility index (Phi) is 5.44. The van der Waals surface area contributed by atoms with Gasteiger partial charge in [-0.25, -0.2) is 9.07 Å². The molecule has 1 amide bonds. The van der Waals surface area contributed by atoms with Crippen molar-refractivity contribution in [3.8, 4) is 16.8 Å². The first-order valence-corrected chi connectivity index (χ1v) is 9.65. The van der Waals surface area contributed by atoms with E-state index in [2.05, 4.69) is 10.4 Å². The van der Waals surface area contributed by atoms with Gasteiger partial charge in [0.25, 0.3) is 5.91 Å². The topological polar surface area (TPSA) is 72.9 Å². The van der Waals surface area contributed by atoms with Gasteiger partial charge in [0.05, 0.1) is 21.9 Å². The maximum atomic E-state index is 14.0. The van der Waals surface area contributed by atoms with Crippen LogP contribution in [-0.4, -0.2) is 15.7 Å². The van der Waals surface area contributed by atoms with Crippen LogP contribution in [0.4, 0.5) is 15.8 Å². The monoisotopic (exact) mass is 440 g/mol. The van der Waals surface area contributed by atoms with Crippen molar-refractivity contribution in [3.05, 3.63) is 94.5 Å². The van der Waals surface area contributed by atoms with Gasteiger partial charge in [0.15, 0.2) is 5.69 Å². The fourth-order valence-corrected chi connectivity index (χ4v) is 3.62. The molecule has 0 bridgehead atoms. The van der Waals surface area contributed by atoms with E-state index < -0.39 is 5.91 Å². The van der Waals surface area contributed by atoms with Crippen LogP contribution in [0.1, 0.15) is 10.5 Å². The van der Waals surface area contributed by atoms with E-state index in [1.807, 2.05) is 0 Å². The van der Waals surface area contributed by atoms with E-state index >= 15 is 0 Å². The number of halogens is 3. The zero-order chi connectivity index (χ0) is 21.3. The number of primary amides is 1. The third-order valence-corrected chi connectivity index (χ3v) is 5.07. The van der Waals surface area contributed by atoms with Gasteiger partial charge in [0.1, 0.15) is 11.5 Å². The van der Waals surface area contributed by atoms with Crippen molar-refractivity contribution in [2.75, 3.05) is 5.32 Å². The molecule has 0 fully saturated rings. The Hall–Kier alpha value is -3.35. The zero-order valence-electron chi connectivity index (χ0n) is 15.4. The number of aromatic nitrogens is 2. The van der Waals surface area contributed by atoms with Crippen molar-refractivity contribution in [1.82, 2.24) is 9.78 Å². The minimum absolute atomic E-state index is 0.0316. The highest BCUT2D eigenvalue weighted by atomic mass is 35.5. The zero-order valence-corrected chi connectivity index (χ0v) is 17.0. The average molecular weight is 441 g/mol. The van der Waals surface area contributed by atoms with Crippen molar-refractivity contribution in [1.29, 1.82) is 0 Å². The number of benzene rings is 3. The lowest BCUT2D eigenvalue weighted by Gasteiger charge is -2.08. The van der Waals surface area contributed by atoms with E-state index in [1.165, 1.54) is 10.7 Å². The predicted molar refractivity (Wildman–Crippen MR) is 117 cm³/mol.